The maximum atomic E-state index is 4.60. The van der Waals surface area contributed by atoms with Crippen LogP contribution in [0.15, 0.2) is 188 Å². The van der Waals surface area contributed by atoms with Crippen LogP contribution in [0.2, 0.25) is 0 Å². The summed E-state index contributed by atoms with van der Waals surface area (Å²) >= 11 is 0. The van der Waals surface area contributed by atoms with E-state index in [1.165, 1.54) is 67.3 Å². The zero-order valence-electron chi connectivity index (χ0n) is 29.8. The van der Waals surface area contributed by atoms with E-state index in [2.05, 4.69) is 214 Å². The number of fused-ring (bicyclic) bond motifs is 12. The van der Waals surface area contributed by atoms with Gasteiger partial charge in [0.25, 0.3) is 0 Å². The van der Waals surface area contributed by atoms with Crippen LogP contribution in [0, 0.1) is 0 Å². The van der Waals surface area contributed by atoms with Gasteiger partial charge in [0.05, 0.1) is 22.2 Å². The van der Waals surface area contributed by atoms with Crippen molar-refractivity contribution in [3.63, 3.8) is 0 Å². The molecule has 2 heteroatoms. The van der Waals surface area contributed by atoms with Crippen LogP contribution in [0.4, 0.5) is 22.7 Å². The van der Waals surface area contributed by atoms with Gasteiger partial charge in [0.15, 0.2) is 0 Å². The Kier molecular flexibility index (Phi) is 6.92. The zero-order valence-corrected chi connectivity index (χ0v) is 29.8. The number of allylic oxidation sites excluding steroid dienone is 4. The first-order valence-corrected chi connectivity index (χ1v) is 18.0. The Morgan fingerprint density at radius 2 is 0.882 bits per heavy atom. The van der Waals surface area contributed by atoms with Crippen LogP contribution in [-0.4, -0.2) is 5.54 Å². The molecule has 1 aliphatic carbocycles. The Hall–Kier alpha value is -5.86. The normalized spacial score (nSPS) is 16.4. The molecule has 0 saturated heterocycles. The topological polar surface area (TPSA) is 6.48 Å². The molecule has 0 bridgehead atoms. The highest BCUT2D eigenvalue weighted by molar-refractivity contribution is 5.92. The fourth-order valence-corrected chi connectivity index (χ4v) is 9.70. The lowest BCUT2D eigenvalue weighted by molar-refractivity contribution is 0.519. The van der Waals surface area contributed by atoms with Crippen LogP contribution in [0.5, 0.6) is 0 Å². The molecule has 0 amide bonds. The van der Waals surface area contributed by atoms with Gasteiger partial charge in [0, 0.05) is 22.6 Å². The van der Waals surface area contributed by atoms with Gasteiger partial charge in [-0.15, -0.1) is 0 Å². The van der Waals surface area contributed by atoms with Crippen molar-refractivity contribution in [3.05, 3.63) is 227 Å². The molecule has 2 heterocycles. The molecular formula is C49H42N2. The Labute approximate surface area is 302 Å². The molecule has 0 saturated carbocycles. The van der Waals surface area contributed by atoms with Crippen molar-refractivity contribution >= 4 is 22.7 Å². The monoisotopic (exact) mass is 658 g/mol. The van der Waals surface area contributed by atoms with Gasteiger partial charge in [-0.05, 0) is 109 Å². The standard InChI is InChI=1S/C49H42N2/c1-6-21-45-35(7-2)48(42-30-17-20-33-46(42)51(45)47(3,4)5)36-24-11-13-26-38(36)49(39-27-14-12-25-37(39)48)40-28-15-18-31-43(40)50(34-22-9-8-10-23-34)44-32-19-16-29-41(44)49/h6-33H,2H2,1,3-5H3/b21-6-. The van der Waals surface area contributed by atoms with Gasteiger partial charge in [-0.3, -0.25) is 0 Å². The minimum Gasteiger partial charge on any atom is -0.336 e. The lowest BCUT2D eigenvalue weighted by Crippen LogP contribution is -2.52. The number of para-hydroxylation sites is 4. The fraction of sp³-hybridized carbons (Fsp3) is 0.143. The van der Waals surface area contributed by atoms with Crippen LogP contribution in [-0.2, 0) is 10.8 Å². The summed E-state index contributed by atoms with van der Waals surface area (Å²) in [6.45, 7) is 13.6. The molecule has 51 heavy (non-hydrogen) atoms. The van der Waals surface area contributed by atoms with E-state index in [0.29, 0.717) is 0 Å². The third-order valence-corrected chi connectivity index (χ3v) is 11.3. The van der Waals surface area contributed by atoms with Crippen molar-refractivity contribution in [3.8, 4) is 0 Å². The molecule has 0 unspecified atom stereocenters. The van der Waals surface area contributed by atoms with E-state index in [-0.39, 0.29) is 5.54 Å². The highest BCUT2D eigenvalue weighted by atomic mass is 15.2. The van der Waals surface area contributed by atoms with Crippen molar-refractivity contribution in [2.45, 2.75) is 44.1 Å². The smallest absolute Gasteiger partial charge is 0.0748 e. The maximum absolute atomic E-state index is 4.60. The number of hydrogen-bond acceptors (Lipinski definition) is 2. The Balaban J connectivity index is 1.49. The van der Waals surface area contributed by atoms with E-state index >= 15 is 0 Å². The second-order valence-corrected chi connectivity index (χ2v) is 14.8. The summed E-state index contributed by atoms with van der Waals surface area (Å²) in [6, 6.07) is 56.4. The summed E-state index contributed by atoms with van der Waals surface area (Å²) in [6.07, 6.45) is 6.60. The lowest BCUT2D eigenvalue weighted by Gasteiger charge is -2.57. The highest BCUT2D eigenvalue weighted by Gasteiger charge is 2.59. The van der Waals surface area contributed by atoms with E-state index in [4.69, 9.17) is 0 Å². The number of hydrogen-bond donors (Lipinski definition) is 0. The van der Waals surface area contributed by atoms with Crippen molar-refractivity contribution in [2.75, 3.05) is 9.80 Å². The van der Waals surface area contributed by atoms with E-state index in [0.717, 1.165) is 5.69 Å². The number of rotatable bonds is 3. The molecule has 0 radical (unpaired) electrons. The largest absolute Gasteiger partial charge is 0.336 e. The molecule has 0 fully saturated rings. The molecule has 6 aromatic rings. The van der Waals surface area contributed by atoms with Gasteiger partial charge < -0.3 is 9.80 Å². The molecule has 6 aromatic carbocycles. The Bertz CT molecular complexity index is 2310. The minimum absolute atomic E-state index is 0.183. The molecule has 0 aromatic heterocycles. The van der Waals surface area contributed by atoms with Crippen molar-refractivity contribution in [1.29, 1.82) is 0 Å². The number of nitrogens with zero attached hydrogens (tertiary/aromatic N) is 2. The molecule has 248 valence electrons. The highest BCUT2D eigenvalue weighted by Crippen LogP contribution is 2.67. The second-order valence-electron chi connectivity index (χ2n) is 14.8. The average Bonchev–Trinajstić information content (AvgIpc) is 3.16. The zero-order chi connectivity index (χ0) is 35.0. The lowest BCUT2D eigenvalue weighted by atomic mass is 9.48. The summed E-state index contributed by atoms with van der Waals surface area (Å²) in [4.78, 5) is 4.96. The molecule has 0 atom stereocenters. The molecule has 0 N–H and O–H groups in total. The Morgan fingerprint density at radius 3 is 1.33 bits per heavy atom. The second kappa shape index (κ2) is 11.3. The van der Waals surface area contributed by atoms with E-state index in [9.17, 15) is 0 Å². The summed E-state index contributed by atoms with van der Waals surface area (Å²) in [5.41, 5.74) is 14.8. The first-order valence-electron chi connectivity index (χ1n) is 18.0. The summed E-state index contributed by atoms with van der Waals surface area (Å²) in [5, 5.41) is 0. The molecular weight excluding hydrogens is 617 g/mol. The quantitative estimate of drug-likeness (QED) is 0.186. The van der Waals surface area contributed by atoms with Gasteiger partial charge in [-0.2, -0.15) is 0 Å². The molecule has 3 aliphatic rings. The predicted molar refractivity (Wildman–Crippen MR) is 214 cm³/mol. The van der Waals surface area contributed by atoms with E-state index in [1.54, 1.807) is 0 Å². The first kappa shape index (κ1) is 31.1. The van der Waals surface area contributed by atoms with E-state index < -0.39 is 10.8 Å². The van der Waals surface area contributed by atoms with Crippen molar-refractivity contribution in [1.82, 2.24) is 0 Å². The molecule has 9 rings (SSSR count). The summed E-state index contributed by atoms with van der Waals surface area (Å²) in [5.74, 6) is 0. The minimum atomic E-state index is -0.617. The number of benzene rings is 6. The third kappa shape index (κ3) is 3.99. The van der Waals surface area contributed by atoms with Gasteiger partial charge in [-0.1, -0.05) is 140 Å². The van der Waals surface area contributed by atoms with Gasteiger partial charge in [-0.25, -0.2) is 0 Å². The van der Waals surface area contributed by atoms with Crippen LogP contribution in [0.3, 0.4) is 0 Å². The fourth-order valence-electron chi connectivity index (χ4n) is 9.70. The average molecular weight is 659 g/mol. The van der Waals surface area contributed by atoms with Crippen LogP contribution in [0.1, 0.15) is 66.6 Å². The SMILES string of the molecule is C=CC1=C(/C=C\C)N(C(C)(C)C)c2ccccc2C12c1ccccc1C1(c3ccccc3N(c3ccccc3)c3ccccc31)c1ccccc12. The summed E-state index contributed by atoms with van der Waals surface area (Å²) < 4.78 is 0. The third-order valence-electron chi connectivity index (χ3n) is 11.3. The van der Waals surface area contributed by atoms with Crippen molar-refractivity contribution in [2.24, 2.45) is 0 Å². The van der Waals surface area contributed by atoms with E-state index in [1.807, 2.05) is 0 Å². The van der Waals surface area contributed by atoms with Crippen molar-refractivity contribution < 1.29 is 0 Å². The van der Waals surface area contributed by atoms with Crippen LogP contribution < -0.4 is 9.80 Å². The maximum Gasteiger partial charge on any atom is 0.0748 e. The predicted octanol–water partition coefficient (Wildman–Crippen LogP) is 12.1. The molecule has 2 nitrogen and oxygen atoms in total. The summed E-state index contributed by atoms with van der Waals surface area (Å²) in [7, 11) is 0. The first-order chi connectivity index (χ1) is 24.9. The van der Waals surface area contributed by atoms with Crippen LogP contribution in [0.25, 0.3) is 0 Å². The Morgan fingerprint density at radius 1 is 0.490 bits per heavy atom. The molecule has 2 spiro atoms. The van der Waals surface area contributed by atoms with Gasteiger partial charge in [0.1, 0.15) is 0 Å². The van der Waals surface area contributed by atoms with Crippen LogP contribution >= 0.6 is 0 Å². The molecule has 2 aliphatic heterocycles. The number of anilines is 4. The van der Waals surface area contributed by atoms with Gasteiger partial charge >= 0.3 is 0 Å². The van der Waals surface area contributed by atoms with Gasteiger partial charge in [0.2, 0.25) is 0 Å².